The van der Waals surface area contributed by atoms with Crippen molar-refractivity contribution in [1.29, 1.82) is 0 Å². The van der Waals surface area contributed by atoms with Crippen molar-refractivity contribution in [3.05, 3.63) is 82.9 Å². The van der Waals surface area contributed by atoms with Gasteiger partial charge in [0, 0.05) is 11.6 Å². The zero-order valence-electron chi connectivity index (χ0n) is 18.1. The molecule has 0 fully saturated rings. The monoisotopic (exact) mass is 401 g/mol. The van der Waals surface area contributed by atoms with Crippen LogP contribution in [-0.2, 0) is 12.8 Å². The molecule has 30 heavy (non-hydrogen) atoms. The van der Waals surface area contributed by atoms with Crippen molar-refractivity contribution in [2.75, 3.05) is 13.7 Å². The number of phenols is 1. The van der Waals surface area contributed by atoms with Gasteiger partial charge in [0.25, 0.3) is 0 Å². The fraction of sp³-hybridized carbons (Fsp3) is 0.333. The second-order valence-corrected chi connectivity index (χ2v) is 8.40. The van der Waals surface area contributed by atoms with Crippen LogP contribution in [0.4, 0.5) is 0 Å². The van der Waals surface area contributed by atoms with E-state index in [1.165, 1.54) is 22.3 Å². The van der Waals surface area contributed by atoms with Crippen LogP contribution in [0.15, 0.2) is 60.7 Å². The average molecular weight is 402 g/mol. The first-order chi connectivity index (χ1) is 14.6. The lowest BCUT2D eigenvalue weighted by molar-refractivity contribution is 0.371. The Labute approximate surface area is 179 Å². The summed E-state index contributed by atoms with van der Waals surface area (Å²) in [5, 5.41) is 15.0. The molecule has 156 valence electrons. The molecule has 0 radical (unpaired) electrons. The largest absolute Gasteiger partial charge is 0.504 e. The molecule has 0 amide bonds. The normalized spacial score (nSPS) is 15.8. The van der Waals surface area contributed by atoms with E-state index in [1.54, 1.807) is 7.11 Å². The van der Waals surface area contributed by atoms with Crippen LogP contribution in [0.2, 0.25) is 0 Å². The summed E-state index contributed by atoms with van der Waals surface area (Å²) in [6, 6.07) is 21.3. The number of benzene rings is 3. The SMILES string of the molecule is COc1cc2c(c(-c3ccccc3C(C)C)c1O)C(CCc1ccccc1)NCC2. The summed E-state index contributed by atoms with van der Waals surface area (Å²) in [6.07, 6.45) is 2.92. The molecule has 3 aromatic carbocycles. The van der Waals surface area contributed by atoms with E-state index in [-0.39, 0.29) is 11.8 Å². The number of hydrogen-bond acceptors (Lipinski definition) is 3. The minimum Gasteiger partial charge on any atom is -0.504 e. The molecule has 0 aliphatic carbocycles. The first-order valence-electron chi connectivity index (χ1n) is 10.9. The number of ether oxygens (including phenoxy) is 1. The molecule has 3 nitrogen and oxygen atoms in total. The van der Waals surface area contributed by atoms with Crippen LogP contribution >= 0.6 is 0 Å². The highest BCUT2D eigenvalue weighted by Crippen LogP contribution is 2.47. The predicted octanol–water partition coefficient (Wildman–Crippen LogP) is 6.01. The molecular formula is C27H31NO2. The Morgan fingerprint density at radius 1 is 1.07 bits per heavy atom. The maximum Gasteiger partial charge on any atom is 0.166 e. The maximum absolute atomic E-state index is 11.3. The molecule has 1 aliphatic heterocycles. The fourth-order valence-electron chi connectivity index (χ4n) is 4.66. The van der Waals surface area contributed by atoms with Crippen LogP contribution in [0, 0.1) is 0 Å². The van der Waals surface area contributed by atoms with Crippen LogP contribution < -0.4 is 10.1 Å². The maximum atomic E-state index is 11.3. The number of methoxy groups -OCH3 is 1. The summed E-state index contributed by atoms with van der Waals surface area (Å²) in [7, 11) is 1.63. The summed E-state index contributed by atoms with van der Waals surface area (Å²) in [5.74, 6) is 1.17. The Balaban J connectivity index is 1.84. The average Bonchev–Trinajstić information content (AvgIpc) is 2.78. The second kappa shape index (κ2) is 8.93. The second-order valence-electron chi connectivity index (χ2n) is 8.40. The van der Waals surface area contributed by atoms with Gasteiger partial charge in [0.2, 0.25) is 0 Å². The molecular weight excluding hydrogens is 370 g/mol. The van der Waals surface area contributed by atoms with Gasteiger partial charge >= 0.3 is 0 Å². The van der Waals surface area contributed by atoms with Crippen LogP contribution in [0.1, 0.15) is 54.5 Å². The van der Waals surface area contributed by atoms with Crippen LogP contribution in [-0.4, -0.2) is 18.8 Å². The first-order valence-corrected chi connectivity index (χ1v) is 10.9. The Kier molecular flexibility index (Phi) is 6.10. The third-order valence-electron chi connectivity index (χ3n) is 6.16. The number of phenolic OH excluding ortho intramolecular Hbond substituents is 1. The van der Waals surface area contributed by atoms with E-state index >= 15 is 0 Å². The number of nitrogens with one attached hydrogen (secondary N) is 1. The Morgan fingerprint density at radius 2 is 1.80 bits per heavy atom. The first kappa shape index (κ1) is 20.5. The highest BCUT2D eigenvalue weighted by atomic mass is 16.5. The van der Waals surface area contributed by atoms with Crippen molar-refractivity contribution in [2.24, 2.45) is 0 Å². The summed E-state index contributed by atoms with van der Waals surface area (Å²) < 4.78 is 5.57. The van der Waals surface area contributed by atoms with Gasteiger partial charge in [0.15, 0.2) is 11.5 Å². The van der Waals surface area contributed by atoms with Gasteiger partial charge in [-0.2, -0.15) is 0 Å². The van der Waals surface area contributed by atoms with Crippen molar-refractivity contribution < 1.29 is 9.84 Å². The number of rotatable bonds is 6. The molecule has 2 N–H and O–H groups in total. The molecule has 1 atom stereocenters. The molecule has 0 bridgehead atoms. The van der Waals surface area contributed by atoms with E-state index < -0.39 is 0 Å². The zero-order valence-corrected chi connectivity index (χ0v) is 18.1. The van der Waals surface area contributed by atoms with Crippen molar-refractivity contribution in [3.63, 3.8) is 0 Å². The third-order valence-corrected chi connectivity index (χ3v) is 6.16. The molecule has 1 unspecified atom stereocenters. The molecule has 1 heterocycles. The molecule has 0 saturated carbocycles. The van der Waals surface area contributed by atoms with Gasteiger partial charge in [0.05, 0.1) is 7.11 Å². The van der Waals surface area contributed by atoms with Gasteiger partial charge < -0.3 is 15.2 Å². The Morgan fingerprint density at radius 3 is 2.53 bits per heavy atom. The Hall–Kier alpha value is -2.78. The summed E-state index contributed by atoms with van der Waals surface area (Å²) >= 11 is 0. The van der Waals surface area contributed by atoms with E-state index in [0.29, 0.717) is 11.7 Å². The summed E-state index contributed by atoms with van der Waals surface area (Å²) in [5.41, 5.74) is 7.12. The van der Waals surface area contributed by atoms with Crippen molar-refractivity contribution in [3.8, 4) is 22.6 Å². The zero-order chi connectivity index (χ0) is 21.1. The number of aryl methyl sites for hydroxylation is 1. The molecule has 0 spiro atoms. The fourth-order valence-corrected chi connectivity index (χ4v) is 4.66. The van der Waals surface area contributed by atoms with Gasteiger partial charge in [-0.15, -0.1) is 0 Å². The van der Waals surface area contributed by atoms with Crippen molar-refractivity contribution in [2.45, 2.75) is 45.1 Å². The number of aromatic hydroxyl groups is 1. The van der Waals surface area contributed by atoms with Gasteiger partial charge in [0.1, 0.15) is 0 Å². The molecule has 3 heteroatoms. The van der Waals surface area contributed by atoms with E-state index in [0.717, 1.165) is 36.9 Å². The van der Waals surface area contributed by atoms with E-state index in [4.69, 9.17) is 4.74 Å². The van der Waals surface area contributed by atoms with Gasteiger partial charge in [-0.05, 0) is 65.6 Å². The predicted molar refractivity (Wildman–Crippen MR) is 123 cm³/mol. The Bertz CT molecular complexity index is 1010. The van der Waals surface area contributed by atoms with Gasteiger partial charge in [-0.3, -0.25) is 0 Å². The highest BCUT2D eigenvalue weighted by molar-refractivity contribution is 5.81. The number of fused-ring (bicyclic) bond motifs is 1. The smallest absolute Gasteiger partial charge is 0.166 e. The lowest BCUT2D eigenvalue weighted by Gasteiger charge is -2.31. The lowest BCUT2D eigenvalue weighted by atomic mass is 9.81. The summed E-state index contributed by atoms with van der Waals surface area (Å²) in [4.78, 5) is 0. The minimum absolute atomic E-state index is 0.195. The summed E-state index contributed by atoms with van der Waals surface area (Å²) in [6.45, 7) is 5.34. The molecule has 1 aliphatic rings. The highest BCUT2D eigenvalue weighted by Gasteiger charge is 2.29. The van der Waals surface area contributed by atoms with E-state index in [9.17, 15) is 5.11 Å². The van der Waals surface area contributed by atoms with E-state index in [2.05, 4.69) is 73.8 Å². The lowest BCUT2D eigenvalue weighted by Crippen LogP contribution is -2.31. The minimum atomic E-state index is 0.195. The quantitative estimate of drug-likeness (QED) is 0.531. The number of hydrogen-bond donors (Lipinski definition) is 2. The van der Waals surface area contributed by atoms with Crippen molar-refractivity contribution in [1.82, 2.24) is 5.32 Å². The van der Waals surface area contributed by atoms with Crippen LogP contribution in [0.3, 0.4) is 0 Å². The molecule has 4 rings (SSSR count). The van der Waals surface area contributed by atoms with Gasteiger partial charge in [-0.1, -0.05) is 68.4 Å². The molecule has 0 saturated heterocycles. The van der Waals surface area contributed by atoms with Crippen molar-refractivity contribution >= 4 is 0 Å². The van der Waals surface area contributed by atoms with E-state index in [1.807, 2.05) is 6.07 Å². The van der Waals surface area contributed by atoms with Gasteiger partial charge in [-0.25, -0.2) is 0 Å². The topological polar surface area (TPSA) is 41.5 Å². The van der Waals surface area contributed by atoms with Crippen LogP contribution in [0.5, 0.6) is 11.5 Å². The third kappa shape index (κ3) is 3.95. The molecule has 0 aromatic heterocycles. The van der Waals surface area contributed by atoms with Crippen LogP contribution in [0.25, 0.3) is 11.1 Å². The standard InChI is InChI=1S/C27H31NO2/c1-18(2)21-11-7-8-12-22(21)26-25-20(17-24(30-3)27(26)29)15-16-28-23(25)14-13-19-9-5-4-6-10-19/h4-12,17-18,23,28-29H,13-16H2,1-3H3. The molecule has 3 aromatic rings.